The summed E-state index contributed by atoms with van der Waals surface area (Å²) < 4.78 is 0. The molecule has 0 aromatic heterocycles. The lowest BCUT2D eigenvalue weighted by Gasteiger charge is -2.34. The number of rotatable bonds is 7. The molecule has 0 spiro atoms. The van der Waals surface area contributed by atoms with Crippen LogP contribution in [0.2, 0.25) is 0 Å². The van der Waals surface area contributed by atoms with Gasteiger partial charge in [-0.1, -0.05) is 30.3 Å². The Kier molecular flexibility index (Phi) is 11.3. The van der Waals surface area contributed by atoms with Crippen LogP contribution in [0, 0.1) is 5.92 Å². The maximum Gasteiger partial charge on any atom is 0.193 e. The molecule has 2 saturated heterocycles. The zero-order chi connectivity index (χ0) is 19.6. The fourth-order valence-corrected chi connectivity index (χ4v) is 4.36. The predicted molar refractivity (Wildman–Crippen MR) is 134 cm³/mol. The number of piperazine rings is 1. The van der Waals surface area contributed by atoms with Crippen molar-refractivity contribution in [2.75, 3.05) is 66.5 Å². The van der Waals surface area contributed by atoms with Crippen LogP contribution in [0.3, 0.4) is 0 Å². The molecule has 1 aromatic carbocycles. The van der Waals surface area contributed by atoms with Crippen LogP contribution in [0.4, 0.5) is 0 Å². The molecule has 2 aliphatic heterocycles. The van der Waals surface area contributed by atoms with E-state index in [1.807, 2.05) is 7.05 Å². The van der Waals surface area contributed by atoms with Crippen LogP contribution in [0.25, 0.3) is 0 Å². The van der Waals surface area contributed by atoms with Crippen LogP contribution in [-0.2, 0) is 6.42 Å². The van der Waals surface area contributed by atoms with Gasteiger partial charge in [0.25, 0.3) is 0 Å². The van der Waals surface area contributed by atoms with E-state index < -0.39 is 0 Å². The first kappa shape index (κ1) is 24.4. The third-order valence-corrected chi connectivity index (χ3v) is 6.27. The Morgan fingerprint density at radius 3 is 2.34 bits per heavy atom. The van der Waals surface area contributed by atoms with Gasteiger partial charge in [0.05, 0.1) is 0 Å². The number of nitrogens with zero attached hydrogens (tertiary/aromatic N) is 4. The summed E-state index contributed by atoms with van der Waals surface area (Å²) in [6.07, 6.45) is 6.23. The van der Waals surface area contributed by atoms with Gasteiger partial charge < -0.3 is 20.0 Å². The van der Waals surface area contributed by atoms with Gasteiger partial charge in [-0.2, -0.15) is 0 Å². The molecular formula is C23H40IN5. The molecule has 0 unspecified atom stereocenters. The number of aliphatic imine (C=N–C) groups is 1. The van der Waals surface area contributed by atoms with Crippen LogP contribution in [0.15, 0.2) is 35.3 Å². The van der Waals surface area contributed by atoms with Crippen LogP contribution >= 0.6 is 24.0 Å². The van der Waals surface area contributed by atoms with Crippen molar-refractivity contribution in [3.8, 4) is 0 Å². The second-order valence-electron chi connectivity index (χ2n) is 8.45. The van der Waals surface area contributed by atoms with E-state index >= 15 is 0 Å². The minimum absolute atomic E-state index is 0. The minimum atomic E-state index is 0. The van der Waals surface area contributed by atoms with Crippen molar-refractivity contribution in [2.45, 2.75) is 32.1 Å². The number of hydrogen-bond donors (Lipinski definition) is 1. The topological polar surface area (TPSA) is 34.1 Å². The van der Waals surface area contributed by atoms with Crippen molar-refractivity contribution in [1.29, 1.82) is 0 Å². The molecule has 0 aliphatic carbocycles. The molecular weight excluding hydrogens is 473 g/mol. The van der Waals surface area contributed by atoms with E-state index in [2.05, 4.69) is 62.4 Å². The number of likely N-dealkylation sites (N-methyl/N-ethyl adjacent to an activating group) is 1. The van der Waals surface area contributed by atoms with E-state index in [0.717, 1.165) is 31.5 Å². The van der Waals surface area contributed by atoms with Crippen molar-refractivity contribution in [3.05, 3.63) is 35.9 Å². The summed E-state index contributed by atoms with van der Waals surface area (Å²) in [6.45, 7) is 9.39. The molecule has 0 saturated carbocycles. The van der Waals surface area contributed by atoms with Crippen molar-refractivity contribution < 1.29 is 0 Å². The largest absolute Gasteiger partial charge is 0.356 e. The molecule has 164 valence electrons. The molecule has 3 rings (SSSR count). The molecule has 1 N–H and O–H groups in total. The third kappa shape index (κ3) is 8.42. The van der Waals surface area contributed by atoms with Gasteiger partial charge in [-0.15, -0.1) is 24.0 Å². The Labute approximate surface area is 194 Å². The van der Waals surface area contributed by atoms with Gasteiger partial charge in [0.15, 0.2) is 5.96 Å². The minimum Gasteiger partial charge on any atom is -0.356 e. The maximum atomic E-state index is 4.53. The zero-order valence-corrected chi connectivity index (χ0v) is 20.7. The number of guanidine groups is 1. The lowest BCUT2D eigenvalue weighted by molar-refractivity contribution is 0.152. The monoisotopic (exact) mass is 513 g/mol. The zero-order valence-electron chi connectivity index (χ0n) is 18.4. The first-order chi connectivity index (χ1) is 13.7. The summed E-state index contributed by atoms with van der Waals surface area (Å²) in [6, 6.07) is 10.9. The average Bonchev–Trinajstić information content (AvgIpc) is 2.74. The molecule has 6 heteroatoms. The highest BCUT2D eigenvalue weighted by Crippen LogP contribution is 2.21. The van der Waals surface area contributed by atoms with E-state index in [4.69, 9.17) is 0 Å². The fraction of sp³-hybridized carbons (Fsp3) is 0.696. The standard InChI is InChI=1S/C23H39N5.HI/c1-24-23(25-12-6-7-13-27-18-16-26(2)17-19-27)28-14-10-22(11-15-28)20-21-8-4-3-5-9-21;/h3-5,8-9,22H,6-7,10-20H2,1-2H3,(H,24,25);1H. The summed E-state index contributed by atoms with van der Waals surface area (Å²) in [4.78, 5) is 12.0. The van der Waals surface area contributed by atoms with E-state index in [9.17, 15) is 0 Å². The van der Waals surface area contributed by atoms with E-state index in [0.29, 0.717) is 0 Å². The number of halogens is 1. The Morgan fingerprint density at radius 2 is 1.69 bits per heavy atom. The lowest BCUT2D eigenvalue weighted by atomic mass is 9.90. The van der Waals surface area contributed by atoms with E-state index in [1.165, 1.54) is 70.4 Å². The SMILES string of the molecule is CN=C(NCCCCN1CCN(C)CC1)N1CCC(Cc2ccccc2)CC1.I. The Balaban J connectivity index is 0.00000300. The molecule has 0 amide bonds. The van der Waals surface area contributed by atoms with Crippen molar-refractivity contribution in [3.63, 3.8) is 0 Å². The fourth-order valence-electron chi connectivity index (χ4n) is 4.36. The number of hydrogen-bond acceptors (Lipinski definition) is 3. The Morgan fingerprint density at radius 1 is 1.00 bits per heavy atom. The smallest absolute Gasteiger partial charge is 0.193 e. The number of piperidine rings is 1. The second-order valence-corrected chi connectivity index (χ2v) is 8.45. The van der Waals surface area contributed by atoms with Gasteiger partial charge in [-0.05, 0) is 57.2 Å². The average molecular weight is 514 g/mol. The molecule has 0 bridgehead atoms. The summed E-state index contributed by atoms with van der Waals surface area (Å²) in [5.41, 5.74) is 1.48. The Bertz CT molecular complexity index is 578. The molecule has 5 nitrogen and oxygen atoms in total. The lowest BCUT2D eigenvalue weighted by Crippen LogP contribution is -2.46. The van der Waals surface area contributed by atoms with Gasteiger partial charge >= 0.3 is 0 Å². The molecule has 2 aliphatic rings. The highest BCUT2D eigenvalue weighted by atomic mass is 127. The predicted octanol–water partition coefficient (Wildman–Crippen LogP) is 3.16. The summed E-state index contributed by atoms with van der Waals surface area (Å²) in [5, 5.41) is 3.60. The number of likely N-dealkylation sites (tertiary alicyclic amines) is 1. The number of unbranched alkanes of at least 4 members (excludes halogenated alkanes) is 1. The van der Waals surface area contributed by atoms with Crippen molar-refractivity contribution >= 4 is 29.9 Å². The van der Waals surface area contributed by atoms with Crippen LogP contribution in [0.1, 0.15) is 31.2 Å². The van der Waals surface area contributed by atoms with Gasteiger partial charge in [-0.3, -0.25) is 4.99 Å². The van der Waals surface area contributed by atoms with E-state index in [-0.39, 0.29) is 24.0 Å². The summed E-state index contributed by atoms with van der Waals surface area (Å²) >= 11 is 0. The first-order valence-corrected chi connectivity index (χ1v) is 11.1. The molecule has 0 atom stereocenters. The maximum absolute atomic E-state index is 4.53. The van der Waals surface area contributed by atoms with Crippen molar-refractivity contribution in [1.82, 2.24) is 20.0 Å². The van der Waals surface area contributed by atoms with Gasteiger partial charge in [-0.25, -0.2) is 0 Å². The van der Waals surface area contributed by atoms with Crippen LogP contribution in [-0.4, -0.2) is 87.1 Å². The Hall–Kier alpha value is -0.860. The van der Waals surface area contributed by atoms with Crippen molar-refractivity contribution in [2.24, 2.45) is 10.9 Å². The third-order valence-electron chi connectivity index (χ3n) is 6.27. The molecule has 2 fully saturated rings. The molecule has 1 aromatic rings. The molecule has 2 heterocycles. The van der Waals surface area contributed by atoms with Crippen LogP contribution in [0.5, 0.6) is 0 Å². The van der Waals surface area contributed by atoms with Crippen LogP contribution < -0.4 is 5.32 Å². The number of nitrogens with one attached hydrogen (secondary N) is 1. The highest BCUT2D eigenvalue weighted by molar-refractivity contribution is 14.0. The quantitative estimate of drug-likeness (QED) is 0.263. The summed E-state index contributed by atoms with van der Waals surface area (Å²) in [7, 11) is 4.14. The van der Waals surface area contributed by atoms with Gasteiger partial charge in [0.2, 0.25) is 0 Å². The molecule has 0 radical (unpaired) electrons. The van der Waals surface area contributed by atoms with E-state index in [1.54, 1.807) is 0 Å². The normalized spacial score (nSPS) is 19.8. The highest BCUT2D eigenvalue weighted by Gasteiger charge is 2.21. The molecule has 29 heavy (non-hydrogen) atoms. The van der Waals surface area contributed by atoms with Gasteiger partial charge in [0.1, 0.15) is 0 Å². The second kappa shape index (κ2) is 13.4. The number of benzene rings is 1. The summed E-state index contributed by atoms with van der Waals surface area (Å²) in [5.74, 6) is 1.90. The first-order valence-electron chi connectivity index (χ1n) is 11.1. The van der Waals surface area contributed by atoms with Gasteiger partial charge in [0, 0.05) is 52.9 Å².